The van der Waals surface area contributed by atoms with Crippen molar-refractivity contribution in [3.8, 4) is 11.4 Å². The third kappa shape index (κ3) is 4.32. The molecule has 0 N–H and O–H groups in total. The minimum atomic E-state index is -1.53. The Kier molecular flexibility index (Phi) is 6.10. The van der Waals surface area contributed by atoms with Crippen LogP contribution in [-0.4, -0.2) is 46.7 Å². The number of piperidine rings is 1. The van der Waals surface area contributed by atoms with Crippen molar-refractivity contribution in [2.24, 2.45) is 0 Å². The lowest BCUT2D eigenvalue weighted by Crippen LogP contribution is -2.53. The number of halogens is 3. The fourth-order valence-corrected chi connectivity index (χ4v) is 4.77. The summed E-state index contributed by atoms with van der Waals surface area (Å²) in [7, 11) is 1.58. The predicted molar refractivity (Wildman–Crippen MR) is 123 cm³/mol. The number of carbonyl (C=O) groups is 1. The summed E-state index contributed by atoms with van der Waals surface area (Å²) in [5.74, 6) is -3.71. The second-order valence-electron chi connectivity index (χ2n) is 8.78. The maximum Gasteiger partial charge on any atom is 0.250 e. The molecule has 1 amide bonds. The Hall–Kier alpha value is -3.59. The van der Waals surface area contributed by atoms with Crippen LogP contribution in [0.2, 0.25) is 0 Å². The van der Waals surface area contributed by atoms with Gasteiger partial charge >= 0.3 is 0 Å². The van der Waals surface area contributed by atoms with Gasteiger partial charge in [-0.05, 0) is 61.2 Å². The third-order valence-electron chi connectivity index (χ3n) is 6.50. The molecule has 2 atom stereocenters. The molecule has 2 aromatic carbocycles. The van der Waals surface area contributed by atoms with Crippen LogP contribution in [0.5, 0.6) is 5.75 Å². The number of amides is 1. The second-order valence-corrected chi connectivity index (χ2v) is 8.78. The Morgan fingerprint density at radius 1 is 1.14 bits per heavy atom. The zero-order valence-electron chi connectivity index (χ0n) is 19.3. The highest BCUT2D eigenvalue weighted by atomic mass is 19.2. The Labute approximate surface area is 200 Å². The summed E-state index contributed by atoms with van der Waals surface area (Å²) in [6.07, 6.45) is 6.58. The molecule has 1 aromatic heterocycles. The molecule has 2 unspecified atom stereocenters. The summed E-state index contributed by atoms with van der Waals surface area (Å²) in [4.78, 5) is 19.4. The van der Waals surface area contributed by atoms with Crippen LogP contribution in [0.4, 0.5) is 13.2 Å². The topological polar surface area (TPSA) is 56.6 Å². The van der Waals surface area contributed by atoms with Crippen LogP contribution in [0, 0.1) is 24.4 Å². The van der Waals surface area contributed by atoms with Crippen LogP contribution < -0.4 is 4.74 Å². The summed E-state index contributed by atoms with van der Waals surface area (Å²) >= 11 is 0. The monoisotopic (exact) mass is 483 g/mol. The molecular weight excluding hydrogens is 459 g/mol. The van der Waals surface area contributed by atoms with E-state index in [1.807, 2.05) is 42.0 Å². The highest BCUT2D eigenvalue weighted by Crippen LogP contribution is 2.37. The van der Waals surface area contributed by atoms with Gasteiger partial charge in [-0.25, -0.2) is 18.2 Å². The average molecular weight is 483 g/mol. The Bertz CT molecular complexity index is 1300. The molecular formula is C26H24F3N3O3. The number of ether oxygens (including phenoxy) is 2. The van der Waals surface area contributed by atoms with Gasteiger partial charge in [-0.3, -0.25) is 4.79 Å². The standard InChI is InChI=1S/C26H24F3N3O3/c1-15-11-31(14-30-15)22-6-3-16(8-24(22)34-2)7-17-4-5-19-12-35-13-23(32(19)26(17)33)18-9-20(27)25(29)21(28)10-18/h3,6-11,14,19,23H,4-5,12-13H2,1-2H3/b17-7-. The largest absolute Gasteiger partial charge is 0.495 e. The van der Waals surface area contributed by atoms with Crippen molar-refractivity contribution < 1.29 is 27.4 Å². The van der Waals surface area contributed by atoms with Crippen LogP contribution in [0.3, 0.4) is 0 Å². The van der Waals surface area contributed by atoms with Gasteiger partial charge in [-0.2, -0.15) is 0 Å². The minimum absolute atomic E-state index is 0.0763. The maximum absolute atomic E-state index is 13.9. The van der Waals surface area contributed by atoms with Crippen molar-refractivity contribution in [1.29, 1.82) is 0 Å². The first kappa shape index (κ1) is 23.2. The van der Waals surface area contributed by atoms with Crippen molar-refractivity contribution >= 4 is 12.0 Å². The zero-order chi connectivity index (χ0) is 24.7. The van der Waals surface area contributed by atoms with E-state index in [9.17, 15) is 18.0 Å². The molecule has 35 heavy (non-hydrogen) atoms. The molecule has 2 saturated heterocycles. The van der Waals surface area contributed by atoms with Crippen molar-refractivity contribution in [2.75, 3.05) is 20.3 Å². The minimum Gasteiger partial charge on any atom is -0.495 e. The summed E-state index contributed by atoms with van der Waals surface area (Å²) in [6.45, 7) is 2.32. The van der Waals surface area contributed by atoms with Crippen LogP contribution >= 0.6 is 0 Å². The molecule has 0 spiro atoms. The van der Waals surface area contributed by atoms with Gasteiger partial charge in [0.2, 0.25) is 0 Å². The average Bonchev–Trinajstić information content (AvgIpc) is 3.29. The lowest BCUT2D eigenvalue weighted by Gasteiger charge is -2.45. The van der Waals surface area contributed by atoms with Gasteiger partial charge in [0.15, 0.2) is 17.5 Å². The van der Waals surface area contributed by atoms with Gasteiger partial charge in [0.05, 0.1) is 50.1 Å². The Morgan fingerprint density at radius 3 is 2.60 bits per heavy atom. The van der Waals surface area contributed by atoms with Crippen LogP contribution in [0.1, 0.15) is 35.7 Å². The van der Waals surface area contributed by atoms with Crippen molar-refractivity contribution in [3.63, 3.8) is 0 Å². The molecule has 6 nitrogen and oxygen atoms in total. The number of carbonyl (C=O) groups excluding carboxylic acids is 1. The van der Waals surface area contributed by atoms with E-state index < -0.39 is 23.5 Å². The van der Waals surface area contributed by atoms with E-state index in [0.29, 0.717) is 30.8 Å². The van der Waals surface area contributed by atoms with Gasteiger partial charge in [-0.15, -0.1) is 0 Å². The Balaban J connectivity index is 1.46. The maximum atomic E-state index is 13.9. The quantitative estimate of drug-likeness (QED) is 0.397. The van der Waals surface area contributed by atoms with Gasteiger partial charge in [0.1, 0.15) is 5.75 Å². The highest BCUT2D eigenvalue weighted by molar-refractivity contribution is 5.99. The van der Waals surface area contributed by atoms with Crippen molar-refractivity contribution in [2.45, 2.75) is 31.8 Å². The van der Waals surface area contributed by atoms with Crippen molar-refractivity contribution in [1.82, 2.24) is 14.5 Å². The number of methoxy groups -OCH3 is 1. The lowest BCUT2D eigenvalue weighted by atomic mass is 9.91. The number of fused-ring (bicyclic) bond motifs is 1. The summed E-state index contributed by atoms with van der Waals surface area (Å²) in [6, 6.07) is 6.55. The summed E-state index contributed by atoms with van der Waals surface area (Å²) in [5.41, 5.74) is 3.22. The fraction of sp³-hybridized carbons (Fsp3) is 0.308. The predicted octanol–water partition coefficient (Wildman–Crippen LogP) is 4.75. The number of imidazole rings is 1. The van der Waals surface area contributed by atoms with Crippen LogP contribution in [0.25, 0.3) is 11.8 Å². The molecule has 0 saturated carbocycles. The van der Waals surface area contributed by atoms with Gasteiger partial charge in [0, 0.05) is 11.8 Å². The van der Waals surface area contributed by atoms with E-state index in [1.165, 1.54) is 0 Å². The van der Waals surface area contributed by atoms with E-state index in [4.69, 9.17) is 9.47 Å². The third-order valence-corrected chi connectivity index (χ3v) is 6.50. The highest BCUT2D eigenvalue weighted by Gasteiger charge is 2.40. The molecule has 3 aromatic rings. The number of morpholine rings is 1. The molecule has 2 aliphatic heterocycles. The van der Waals surface area contributed by atoms with E-state index >= 15 is 0 Å². The van der Waals surface area contributed by atoms with Gasteiger partial charge in [0.25, 0.3) is 5.91 Å². The Morgan fingerprint density at radius 2 is 1.91 bits per heavy atom. The van der Waals surface area contributed by atoms with Crippen molar-refractivity contribution in [3.05, 3.63) is 82.7 Å². The second kappa shape index (κ2) is 9.22. The lowest BCUT2D eigenvalue weighted by molar-refractivity contribution is -0.145. The number of hydrogen-bond donors (Lipinski definition) is 0. The normalized spacial score (nSPS) is 21.3. The smallest absolute Gasteiger partial charge is 0.250 e. The molecule has 0 bridgehead atoms. The SMILES string of the molecule is COc1cc(/C=C2/CCC3COCC(c4cc(F)c(F)c(F)c4)N3C2=O)ccc1-n1cnc(C)c1. The van der Waals surface area contributed by atoms with E-state index in [0.717, 1.165) is 29.1 Å². The first-order chi connectivity index (χ1) is 16.9. The molecule has 0 aliphatic carbocycles. The molecule has 0 radical (unpaired) electrons. The van der Waals surface area contributed by atoms with E-state index in [1.54, 1.807) is 18.3 Å². The number of benzene rings is 2. The molecule has 9 heteroatoms. The molecule has 5 rings (SSSR count). The summed E-state index contributed by atoms with van der Waals surface area (Å²) < 4.78 is 54.4. The number of nitrogens with zero attached hydrogens (tertiary/aromatic N) is 3. The van der Waals surface area contributed by atoms with E-state index in [2.05, 4.69) is 4.98 Å². The molecule has 2 aliphatic rings. The molecule has 3 heterocycles. The van der Waals surface area contributed by atoms with Crippen LogP contribution in [0.15, 0.2) is 48.4 Å². The molecule has 182 valence electrons. The van der Waals surface area contributed by atoms with Gasteiger partial charge in [-0.1, -0.05) is 6.07 Å². The molecule has 2 fully saturated rings. The zero-order valence-corrected chi connectivity index (χ0v) is 19.3. The van der Waals surface area contributed by atoms with Crippen LogP contribution in [-0.2, 0) is 9.53 Å². The first-order valence-electron chi connectivity index (χ1n) is 11.3. The van der Waals surface area contributed by atoms with E-state index in [-0.39, 0.29) is 24.1 Å². The number of rotatable bonds is 4. The number of hydrogen-bond acceptors (Lipinski definition) is 4. The number of aryl methyl sites for hydroxylation is 1. The first-order valence-corrected chi connectivity index (χ1v) is 11.3. The summed E-state index contributed by atoms with van der Waals surface area (Å²) in [5, 5.41) is 0. The van der Waals surface area contributed by atoms with Gasteiger partial charge < -0.3 is 18.9 Å². The fourth-order valence-electron chi connectivity index (χ4n) is 4.77. The number of aromatic nitrogens is 2.